The molecule has 0 bridgehead atoms. The Hall–Kier alpha value is -1.69. The van der Waals surface area contributed by atoms with Crippen LogP contribution in [0.15, 0.2) is 12.4 Å². The van der Waals surface area contributed by atoms with Gasteiger partial charge in [0.25, 0.3) is 0 Å². The van der Waals surface area contributed by atoms with Gasteiger partial charge in [0.1, 0.15) is 5.82 Å². The third kappa shape index (κ3) is 5.26. The first-order valence-electron chi connectivity index (χ1n) is 5.50. The Morgan fingerprint density at radius 2 is 2.24 bits per heavy atom. The van der Waals surface area contributed by atoms with Gasteiger partial charge in [-0.3, -0.25) is 0 Å². The summed E-state index contributed by atoms with van der Waals surface area (Å²) in [6.07, 6.45) is 3.74. The largest absolute Gasteiger partial charge is 0.476 e. The smallest absolute Gasteiger partial charge is 0.356 e. The maximum atomic E-state index is 10.5. The lowest BCUT2D eigenvalue weighted by Gasteiger charge is -2.08. The van der Waals surface area contributed by atoms with E-state index in [0.29, 0.717) is 19.0 Å². The Balaban J connectivity index is 2.25. The molecule has 0 aliphatic carbocycles. The number of ether oxygens (including phenoxy) is 1. The molecule has 0 saturated carbocycles. The fourth-order valence-electron chi connectivity index (χ4n) is 1.14. The molecule has 0 saturated heterocycles. The predicted octanol–water partition coefficient (Wildman–Crippen LogP) is 1.40. The molecular formula is C11H17N3O3. The third-order valence-corrected chi connectivity index (χ3v) is 1.95. The van der Waals surface area contributed by atoms with Gasteiger partial charge in [0.05, 0.1) is 18.5 Å². The van der Waals surface area contributed by atoms with Crippen LogP contribution in [0.5, 0.6) is 0 Å². The Kier molecular flexibility index (Phi) is 5.35. The summed E-state index contributed by atoms with van der Waals surface area (Å²) in [6, 6.07) is 0. The summed E-state index contributed by atoms with van der Waals surface area (Å²) in [5, 5.41) is 11.7. The molecule has 0 atom stereocenters. The van der Waals surface area contributed by atoms with Crippen LogP contribution in [0.2, 0.25) is 0 Å². The van der Waals surface area contributed by atoms with Crippen LogP contribution in [0.25, 0.3) is 0 Å². The molecule has 1 aromatic heterocycles. The molecule has 0 spiro atoms. The van der Waals surface area contributed by atoms with Crippen molar-refractivity contribution in [2.24, 2.45) is 0 Å². The minimum atomic E-state index is -1.07. The molecule has 6 heteroatoms. The molecule has 1 aromatic rings. The van der Waals surface area contributed by atoms with Gasteiger partial charge in [-0.2, -0.15) is 0 Å². The molecule has 6 nitrogen and oxygen atoms in total. The number of carbonyl (C=O) groups is 1. The van der Waals surface area contributed by atoms with Crippen LogP contribution in [0, 0.1) is 0 Å². The molecule has 0 fully saturated rings. The molecule has 17 heavy (non-hydrogen) atoms. The highest BCUT2D eigenvalue weighted by molar-refractivity contribution is 5.84. The van der Waals surface area contributed by atoms with Gasteiger partial charge in [-0.05, 0) is 20.3 Å². The van der Waals surface area contributed by atoms with Gasteiger partial charge in [0.15, 0.2) is 5.69 Å². The Morgan fingerprint density at radius 3 is 2.76 bits per heavy atom. The van der Waals surface area contributed by atoms with Crippen LogP contribution in [-0.2, 0) is 4.74 Å². The lowest BCUT2D eigenvalue weighted by atomic mass is 10.4. The third-order valence-electron chi connectivity index (χ3n) is 1.95. The molecule has 0 radical (unpaired) electrons. The molecule has 0 aliphatic rings. The highest BCUT2D eigenvalue weighted by Gasteiger charge is 2.04. The monoisotopic (exact) mass is 239 g/mol. The van der Waals surface area contributed by atoms with Crippen molar-refractivity contribution in [3.05, 3.63) is 18.1 Å². The number of aromatic carboxylic acids is 1. The van der Waals surface area contributed by atoms with Crippen molar-refractivity contribution >= 4 is 11.8 Å². The number of carboxylic acids is 1. The second kappa shape index (κ2) is 6.80. The molecule has 0 aliphatic heterocycles. The fourth-order valence-corrected chi connectivity index (χ4v) is 1.14. The van der Waals surface area contributed by atoms with Crippen LogP contribution in [0.1, 0.15) is 30.8 Å². The molecule has 0 amide bonds. The standard InChI is InChI=1S/C11H17N3O3/c1-8(2)17-5-3-4-12-10-7-13-9(6-14-10)11(15)16/h6-8H,3-5H2,1-2H3,(H,12,14)(H,15,16). The van der Waals surface area contributed by atoms with Crippen LogP contribution < -0.4 is 5.32 Å². The zero-order valence-corrected chi connectivity index (χ0v) is 10.0. The van der Waals surface area contributed by atoms with Crippen molar-refractivity contribution in [2.45, 2.75) is 26.4 Å². The van der Waals surface area contributed by atoms with Crippen LogP contribution in [0.4, 0.5) is 5.82 Å². The fraction of sp³-hybridized carbons (Fsp3) is 0.545. The topological polar surface area (TPSA) is 84.3 Å². The lowest BCUT2D eigenvalue weighted by Crippen LogP contribution is -2.10. The Labute approximate surface area is 100 Å². The molecule has 1 heterocycles. The first kappa shape index (κ1) is 13.4. The lowest BCUT2D eigenvalue weighted by molar-refractivity contribution is 0.0690. The number of hydrogen-bond acceptors (Lipinski definition) is 5. The Bertz CT molecular complexity index is 351. The quantitative estimate of drug-likeness (QED) is 0.700. The van der Waals surface area contributed by atoms with E-state index >= 15 is 0 Å². The van der Waals surface area contributed by atoms with Crippen molar-refractivity contribution < 1.29 is 14.6 Å². The first-order chi connectivity index (χ1) is 8.09. The van der Waals surface area contributed by atoms with Crippen LogP contribution >= 0.6 is 0 Å². The molecular weight excluding hydrogens is 222 g/mol. The summed E-state index contributed by atoms with van der Waals surface area (Å²) in [5.74, 6) is -0.506. The summed E-state index contributed by atoms with van der Waals surface area (Å²) in [5.41, 5.74) is -0.0568. The van der Waals surface area contributed by atoms with Gasteiger partial charge < -0.3 is 15.2 Å². The average molecular weight is 239 g/mol. The van der Waals surface area contributed by atoms with E-state index in [0.717, 1.165) is 6.42 Å². The number of rotatable bonds is 7. The van der Waals surface area contributed by atoms with Gasteiger partial charge in [0, 0.05) is 13.2 Å². The van der Waals surface area contributed by atoms with Gasteiger partial charge >= 0.3 is 5.97 Å². The zero-order valence-electron chi connectivity index (χ0n) is 10.0. The highest BCUT2D eigenvalue weighted by atomic mass is 16.5. The molecule has 2 N–H and O–H groups in total. The van der Waals surface area contributed by atoms with E-state index in [1.807, 2.05) is 13.8 Å². The van der Waals surface area contributed by atoms with Gasteiger partial charge in [-0.1, -0.05) is 0 Å². The summed E-state index contributed by atoms with van der Waals surface area (Å²) < 4.78 is 5.38. The Morgan fingerprint density at radius 1 is 1.47 bits per heavy atom. The molecule has 0 unspecified atom stereocenters. The average Bonchev–Trinajstić information content (AvgIpc) is 2.29. The normalized spacial score (nSPS) is 10.5. The number of anilines is 1. The van der Waals surface area contributed by atoms with Crippen LogP contribution in [-0.4, -0.2) is 40.3 Å². The number of hydrogen-bond donors (Lipinski definition) is 2. The predicted molar refractivity (Wildman–Crippen MR) is 63.2 cm³/mol. The van der Waals surface area contributed by atoms with Gasteiger partial charge in [-0.25, -0.2) is 14.8 Å². The van der Waals surface area contributed by atoms with Gasteiger partial charge in [0.2, 0.25) is 0 Å². The number of carboxylic acid groups (broad SMARTS) is 1. The van der Waals surface area contributed by atoms with E-state index in [1.54, 1.807) is 0 Å². The van der Waals surface area contributed by atoms with Crippen molar-refractivity contribution in [1.29, 1.82) is 0 Å². The van der Waals surface area contributed by atoms with Gasteiger partial charge in [-0.15, -0.1) is 0 Å². The maximum absolute atomic E-state index is 10.5. The summed E-state index contributed by atoms with van der Waals surface area (Å²) >= 11 is 0. The van der Waals surface area contributed by atoms with Crippen molar-refractivity contribution in [3.63, 3.8) is 0 Å². The van der Waals surface area contributed by atoms with E-state index in [-0.39, 0.29) is 11.8 Å². The van der Waals surface area contributed by atoms with Crippen molar-refractivity contribution in [1.82, 2.24) is 9.97 Å². The summed E-state index contributed by atoms with van der Waals surface area (Å²) in [7, 11) is 0. The van der Waals surface area contributed by atoms with Crippen LogP contribution in [0.3, 0.4) is 0 Å². The van der Waals surface area contributed by atoms with E-state index in [9.17, 15) is 4.79 Å². The van der Waals surface area contributed by atoms with E-state index < -0.39 is 5.97 Å². The molecule has 0 aromatic carbocycles. The van der Waals surface area contributed by atoms with Crippen molar-refractivity contribution in [3.8, 4) is 0 Å². The minimum Gasteiger partial charge on any atom is -0.476 e. The summed E-state index contributed by atoms with van der Waals surface area (Å²) in [6.45, 7) is 5.38. The van der Waals surface area contributed by atoms with E-state index in [4.69, 9.17) is 9.84 Å². The SMILES string of the molecule is CC(C)OCCCNc1cnc(C(=O)O)cn1. The highest BCUT2D eigenvalue weighted by Crippen LogP contribution is 2.01. The van der Waals surface area contributed by atoms with Crippen molar-refractivity contribution in [2.75, 3.05) is 18.5 Å². The zero-order chi connectivity index (χ0) is 12.7. The maximum Gasteiger partial charge on any atom is 0.356 e. The number of nitrogens with zero attached hydrogens (tertiary/aromatic N) is 2. The van der Waals surface area contributed by atoms with E-state index in [2.05, 4.69) is 15.3 Å². The second-order valence-corrected chi connectivity index (χ2v) is 3.79. The number of nitrogens with one attached hydrogen (secondary N) is 1. The minimum absolute atomic E-state index is 0.0568. The van der Waals surface area contributed by atoms with E-state index in [1.165, 1.54) is 12.4 Å². The second-order valence-electron chi connectivity index (χ2n) is 3.79. The summed E-state index contributed by atoms with van der Waals surface area (Å²) in [4.78, 5) is 18.2. The number of aromatic nitrogens is 2. The molecule has 94 valence electrons. The molecule has 1 rings (SSSR count). The first-order valence-corrected chi connectivity index (χ1v) is 5.50.